The molecule has 0 aliphatic carbocycles. The predicted molar refractivity (Wildman–Crippen MR) is 147 cm³/mol. The van der Waals surface area contributed by atoms with Crippen LogP contribution in [0.25, 0.3) is 10.9 Å². The molecule has 5 aromatic rings. The van der Waals surface area contributed by atoms with Gasteiger partial charge in [-0.1, -0.05) is 54.6 Å². The maximum absolute atomic E-state index is 13.8. The summed E-state index contributed by atoms with van der Waals surface area (Å²) in [6, 6.07) is 29.9. The van der Waals surface area contributed by atoms with Gasteiger partial charge in [-0.3, -0.25) is 9.59 Å². The van der Waals surface area contributed by atoms with Gasteiger partial charge in [0.15, 0.2) is 5.78 Å². The largest absolute Gasteiger partial charge is 0.457 e. The number of para-hydroxylation sites is 1. The monoisotopic (exact) mass is 505 g/mol. The fourth-order valence-corrected chi connectivity index (χ4v) is 4.11. The molecule has 1 atom stereocenters. The summed E-state index contributed by atoms with van der Waals surface area (Å²) in [5.74, 6) is 0.131. The highest BCUT2D eigenvalue weighted by molar-refractivity contribution is 6.06. The van der Waals surface area contributed by atoms with Crippen molar-refractivity contribution in [1.82, 2.24) is 10.3 Å². The lowest BCUT2D eigenvalue weighted by molar-refractivity contribution is 0.0670. The summed E-state index contributed by atoms with van der Waals surface area (Å²) in [4.78, 5) is 30.2. The highest BCUT2D eigenvalue weighted by Gasteiger charge is 2.26. The van der Waals surface area contributed by atoms with E-state index < -0.39 is 6.04 Å². The van der Waals surface area contributed by atoms with Gasteiger partial charge in [0.25, 0.3) is 5.91 Å². The molecule has 7 heteroatoms. The number of fused-ring (bicyclic) bond motifs is 1. The van der Waals surface area contributed by atoms with Gasteiger partial charge in [0.2, 0.25) is 0 Å². The topological polar surface area (TPSA) is 106 Å². The molecule has 1 heterocycles. The van der Waals surface area contributed by atoms with Crippen molar-refractivity contribution < 1.29 is 19.1 Å². The number of ketones is 1. The van der Waals surface area contributed by atoms with Crippen molar-refractivity contribution in [2.45, 2.75) is 12.6 Å². The second-order valence-corrected chi connectivity index (χ2v) is 8.84. The number of rotatable bonds is 10. The number of aromatic amines is 1. The van der Waals surface area contributed by atoms with Crippen LogP contribution in [0.4, 0.5) is 5.69 Å². The molecule has 0 fully saturated rings. The number of H-pyrrole nitrogens is 1. The molecule has 0 aliphatic rings. The van der Waals surface area contributed by atoms with Crippen molar-refractivity contribution in [1.29, 1.82) is 0 Å². The Morgan fingerprint density at radius 3 is 2.42 bits per heavy atom. The number of carbonyl (C=O) groups is 2. The highest BCUT2D eigenvalue weighted by atomic mass is 16.5. The third-order valence-corrected chi connectivity index (χ3v) is 6.08. The van der Waals surface area contributed by atoms with Crippen LogP contribution in [0, 0.1) is 0 Å². The van der Waals surface area contributed by atoms with Crippen LogP contribution in [0.1, 0.15) is 26.3 Å². The summed E-state index contributed by atoms with van der Waals surface area (Å²) in [7, 11) is 0. The number of aromatic nitrogens is 1. The second kappa shape index (κ2) is 11.5. The minimum Gasteiger partial charge on any atom is -0.457 e. The molecule has 0 aliphatic heterocycles. The third-order valence-electron chi connectivity index (χ3n) is 6.08. The molecule has 7 nitrogen and oxygen atoms in total. The number of nitrogens with two attached hydrogens (primary N) is 1. The summed E-state index contributed by atoms with van der Waals surface area (Å²) in [6.07, 6.45) is 1.81. The first-order valence-corrected chi connectivity index (χ1v) is 12.2. The molecule has 4 N–H and O–H groups in total. The molecule has 0 saturated carbocycles. The number of carbonyl (C=O) groups excluding carboxylic acids is 2. The lowest BCUT2D eigenvalue weighted by Gasteiger charge is -2.20. The van der Waals surface area contributed by atoms with Crippen LogP contribution in [0.3, 0.4) is 0 Å². The smallest absolute Gasteiger partial charge is 0.252 e. The first kappa shape index (κ1) is 24.8. The van der Waals surface area contributed by atoms with E-state index in [9.17, 15) is 9.59 Å². The van der Waals surface area contributed by atoms with Crippen LogP contribution in [-0.2, 0) is 11.3 Å². The Balaban J connectivity index is 1.40. The van der Waals surface area contributed by atoms with E-state index in [-0.39, 0.29) is 23.9 Å². The lowest BCUT2D eigenvalue weighted by atomic mass is 10.0. The molecule has 5 rings (SSSR count). The molecular weight excluding hydrogens is 478 g/mol. The molecule has 1 unspecified atom stereocenters. The number of anilines is 1. The van der Waals surface area contributed by atoms with Crippen molar-refractivity contribution in [2.75, 3.05) is 12.3 Å². The molecular formula is C31H27N3O4. The zero-order chi connectivity index (χ0) is 26.3. The van der Waals surface area contributed by atoms with Crippen LogP contribution in [0.2, 0.25) is 0 Å². The Kier molecular flexibility index (Phi) is 7.47. The maximum atomic E-state index is 13.8. The summed E-state index contributed by atoms with van der Waals surface area (Å²) >= 11 is 0. The van der Waals surface area contributed by atoms with E-state index >= 15 is 0 Å². The molecule has 0 bridgehead atoms. The van der Waals surface area contributed by atoms with Gasteiger partial charge in [-0.05, 0) is 53.4 Å². The Hall–Kier alpha value is -4.88. The van der Waals surface area contributed by atoms with Gasteiger partial charge >= 0.3 is 0 Å². The molecule has 1 aromatic heterocycles. The Labute approximate surface area is 220 Å². The standard InChI is InChI=1S/C31H27N3O4/c32-24-13-14-26(29(18-24)38-25-9-5-2-6-10-25)30(35)28(20-37-19-21-7-3-1-4-8-21)34-31(36)23-12-11-22-15-16-33-27(22)17-23/h1-18,28,33H,19-20,32H2,(H,34,36). The Morgan fingerprint density at radius 2 is 1.63 bits per heavy atom. The number of Topliss-reactive ketones (excluding diaryl/α,β-unsaturated/α-hetero) is 1. The van der Waals surface area contributed by atoms with Crippen molar-refractivity contribution in [3.05, 3.63) is 126 Å². The number of ether oxygens (including phenoxy) is 2. The molecule has 0 radical (unpaired) electrons. The summed E-state index contributed by atoms with van der Waals surface area (Å²) < 4.78 is 11.9. The molecule has 0 spiro atoms. The fraction of sp³-hybridized carbons (Fsp3) is 0.0968. The SMILES string of the molecule is Nc1ccc(C(=O)C(COCc2ccccc2)NC(=O)c2ccc3cc[nH]c3c2)c(Oc2ccccc2)c1. The second-order valence-electron chi connectivity index (χ2n) is 8.84. The quantitative estimate of drug-likeness (QED) is 0.166. The lowest BCUT2D eigenvalue weighted by Crippen LogP contribution is -2.44. The predicted octanol–water partition coefficient (Wildman–Crippen LogP) is 5.74. The molecule has 1 amide bonds. The van der Waals surface area contributed by atoms with E-state index in [1.807, 2.05) is 66.9 Å². The van der Waals surface area contributed by atoms with Crippen molar-refractivity contribution in [2.24, 2.45) is 0 Å². The van der Waals surface area contributed by atoms with Crippen LogP contribution >= 0.6 is 0 Å². The number of hydrogen-bond donors (Lipinski definition) is 3. The van der Waals surface area contributed by atoms with Crippen LogP contribution < -0.4 is 15.8 Å². The van der Waals surface area contributed by atoms with Crippen molar-refractivity contribution in [3.8, 4) is 11.5 Å². The minimum atomic E-state index is -0.965. The first-order valence-electron chi connectivity index (χ1n) is 12.2. The van der Waals surface area contributed by atoms with Gasteiger partial charge in [-0.15, -0.1) is 0 Å². The number of nitrogens with one attached hydrogen (secondary N) is 2. The summed E-state index contributed by atoms with van der Waals surface area (Å²) in [6.45, 7) is 0.267. The molecule has 0 saturated heterocycles. The van der Waals surface area contributed by atoms with E-state index in [1.165, 1.54) is 0 Å². The fourth-order valence-electron chi connectivity index (χ4n) is 4.11. The van der Waals surface area contributed by atoms with Gasteiger partial charge in [0, 0.05) is 29.0 Å². The molecule has 4 aromatic carbocycles. The number of hydrogen-bond acceptors (Lipinski definition) is 5. The van der Waals surface area contributed by atoms with E-state index in [1.54, 1.807) is 42.5 Å². The van der Waals surface area contributed by atoms with Gasteiger partial charge in [0.1, 0.15) is 17.5 Å². The summed E-state index contributed by atoms with van der Waals surface area (Å²) in [5.41, 5.74) is 8.97. The zero-order valence-electron chi connectivity index (χ0n) is 20.6. The molecule has 38 heavy (non-hydrogen) atoms. The average molecular weight is 506 g/mol. The normalized spacial score (nSPS) is 11.7. The zero-order valence-corrected chi connectivity index (χ0v) is 20.6. The van der Waals surface area contributed by atoms with E-state index in [0.29, 0.717) is 29.4 Å². The van der Waals surface area contributed by atoms with Gasteiger partial charge in [-0.2, -0.15) is 0 Å². The van der Waals surface area contributed by atoms with Gasteiger partial charge in [0.05, 0.1) is 18.8 Å². The van der Waals surface area contributed by atoms with E-state index in [4.69, 9.17) is 15.2 Å². The van der Waals surface area contributed by atoms with Crippen LogP contribution in [0.15, 0.2) is 109 Å². The number of nitrogen functional groups attached to an aromatic ring is 1. The van der Waals surface area contributed by atoms with Crippen LogP contribution in [0.5, 0.6) is 11.5 Å². The van der Waals surface area contributed by atoms with E-state index in [2.05, 4.69) is 10.3 Å². The Morgan fingerprint density at radius 1 is 0.868 bits per heavy atom. The van der Waals surface area contributed by atoms with Crippen molar-refractivity contribution in [3.63, 3.8) is 0 Å². The highest BCUT2D eigenvalue weighted by Crippen LogP contribution is 2.29. The van der Waals surface area contributed by atoms with E-state index in [0.717, 1.165) is 16.5 Å². The number of amides is 1. The van der Waals surface area contributed by atoms with Crippen molar-refractivity contribution >= 4 is 28.3 Å². The first-order chi connectivity index (χ1) is 18.6. The Bertz CT molecular complexity index is 1550. The number of benzene rings is 4. The maximum Gasteiger partial charge on any atom is 0.252 e. The van der Waals surface area contributed by atoms with Gasteiger partial charge < -0.3 is 25.5 Å². The average Bonchev–Trinajstić information content (AvgIpc) is 3.41. The summed E-state index contributed by atoms with van der Waals surface area (Å²) in [5, 5.41) is 3.86. The minimum absolute atomic E-state index is 0.0284. The third kappa shape index (κ3) is 5.91. The van der Waals surface area contributed by atoms with Crippen LogP contribution in [-0.4, -0.2) is 29.3 Å². The van der Waals surface area contributed by atoms with Gasteiger partial charge in [-0.25, -0.2) is 0 Å². The molecule has 190 valence electrons.